The Hall–Kier alpha value is -1.52. The molecule has 0 atom stereocenters. The number of amides is 1. The third kappa shape index (κ3) is 3.29. The summed E-state index contributed by atoms with van der Waals surface area (Å²) in [6, 6.07) is 5.51. The standard InChI is InChI=1S/C23H27Cl2N3O/c1-13-21(14(2)28(27-13)12-18-19(24)4-3-5-20(18)25)26-22(29)23-9-15-6-16(10-23)8-17(7-15)11-23/h3-5,15-17H,6-12H2,1-2H3,(H,26,29). The van der Waals surface area contributed by atoms with Crippen molar-refractivity contribution in [2.75, 3.05) is 5.32 Å². The van der Waals surface area contributed by atoms with Crippen molar-refractivity contribution in [3.8, 4) is 0 Å². The first-order valence-electron chi connectivity index (χ1n) is 10.6. The number of carbonyl (C=O) groups excluding carboxylic acids is 1. The van der Waals surface area contributed by atoms with Gasteiger partial charge in [0.05, 0.1) is 29.0 Å². The summed E-state index contributed by atoms with van der Waals surface area (Å²) in [5.41, 5.74) is 3.30. The van der Waals surface area contributed by atoms with Crippen LogP contribution in [0.2, 0.25) is 10.0 Å². The van der Waals surface area contributed by atoms with Crippen LogP contribution >= 0.6 is 23.2 Å². The number of halogens is 2. The van der Waals surface area contributed by atoms with E-state index in [9.17, 15) is 4.79 Å². The first-order valence-corrected chi connectivity index (χ1v) is 11.4. The molecule has 4 bridgehead atoms. The smallest absolute Gasteiger partial charge is 0.230 e. The van der Waals surface area contributed by atoms with Gasteiger partial charge in [-0.2, -0.15) is 5.10 Å². The van der Waals surface area contributed by atoms with Crippen molar-refractivity contribution in [3.63, 3.8) is 0 Å². The lowest BCUT2D eigenvalue weighted by Crippen LogP contribution is -2.51. The second-order valence-corrected chi connectivity index (χ2v) is 10.4. The van der Waals surface area contributed by atoms with Crippen molar-refractivity contribution < 1.29 is 4.79 Å². The molecule has 29 heavy (non-hydrogen) atoms. The van der Waals surface area contributed by atoms with Crippen molar-refractivity contribution in [1.29, 1.82) is 0 Å². The molecule has 6 rings (SSSR count). The maximum atomic E-state index is 13.5. The van der Waals surface area contributed by atoms with Crippen LogP contribution in [0.4, 0.5) is 5.69 Å². The molecule has 2 aromatic rings. The van der Waals surface area contributed by atoms with E-state index in [1.807, 2.05) is 36.7 Å². The number of benzene rings is 1. The first kappa shape index (κ1) is 19.4. The molecule has 1 N–H and O–H groups in total. The second-order valence-electron chi connectivity index (χ2n) is 9.56. The van der Waals surface area contributed by atoms with Crippen LogP contribution in [0.5, 0.6) is 0 Å². The van der Waals surface area contributed by atoms with E-state index in [0.29, 0.717) is 16.6 Å². The Balaban J connectivity index is 1.39. The summed E-state index contributed by atoms with van der Waals surface area (Å²) in [7, 11) is 0. The number of nitrogens with zero attached hydrogens (tertiary/aromatic N) is 2. The minimum atomic E-state index is -0.165. The van der Waals surface area contributed by atoms with Crippen LogP contribution < -0.4 is 5.32 Å². The molecule has 4 aliphatic rings. The van der Waals surface area contributed by atoms with E-state index in [0.717, 1.165) is 59.7 Å². The van der Waals surface area contributed by atoms with Gasteiger partial charge in [-0.1, -0.05) is 29.3 Å². The highest BCUT2D eigenvalue weighted by atomic mass is 35.5. The molecule has 4 nitrogen and oxygen atoms in total. The largest absolute Gasteiger partial charge is 0.322 e. The van der Waals surface area contributed by atoms with Gasteiger partial charge in [0.25, 0.3) is 0 Å². The zero-order chi connectivity index (χ0) is 20.3. The van der Waals surface area contributed by atoms with E-state index in [4.69, 9.17) is 23.2 Å². The van der Waals surface area contributed by atoms with Gasteiger partial charge >= 0.3 is 0 Å². The Morgan fingerprint density at radius 2 is 1.66 bits per heavy atom. The molecule has 1 aromatic heterocycles. The Morgan fingerprint density at radius 3 is 2.21 bits per heavy atom. The zero-order valence-electron chi connectivity index (χ0n) is 17.0. The van der Waals surface area contributed by atoms with Gasteiger partial charge in [0, 0.05) is 15.6 Å². The lowest BCUT2D eigenvalue weighted by molar-refractivity contribution is -0.140. The van der Waals surface area contributed by atoms with Crippen molar-refractivity contribution in [2.45, 2.75) is 58.9 Å². The highest BCUT2D eigenvalue weighted by Crippen LogP contribution is 2.60. The normalized spacial score (nSPS) is 30.0. The van der Waals surface area contributed by atoms with Gasteiger partial charge in [-0.05, 0) is 82.3 Å². The van der Waals surface area contributed by atoms with E-state index >= 15 is 0 Å². The van der Waals surface area contributed by atoms with Crippen LogP contribution in [0, 0.1) is 37.0 Å². The highest BCUT2D eigenvalue weighted by molar-refractivity contribution is 6.35. The summed E-state index contributed by atoms with van der Waals surface area (Å²) in [5, 5.41) is 9.21. The van der Waals surface area contributed by atoms with E-state index in [1.165, 1.54) is 19.3 Å². The summed E-state index contributed by atoms with van der Waals surface area (Å²) in [6.45, 7) is 4.44. The molecule has 4 fully saturated rings. The van der Waals surface area contributed by atoms with Gasteiger partial charge in [-0.15, -0.1) is 0 Å². The number of aromatic nitrogens is 2. The molecule has 0 spiro atoms. The summed E-state index contributed by atoms with van der Waals surface area (Å²) in [6.07, 6.45) is 7.19. The molecule has 6 heteroatoms. The van der Waals surface area contributed by atoms with Crippen molar-refractivity contribution >= 4 is 34.8 Å². The predicted molar refractivity (Wildman–Crippen MR) is 116 cm³/mol. The maximum absolute atomic E-state index is 13.5. The van der Waals surface area contributed by atoms with E-state index < -0.39 is 0 Å². The molecule has 1 heterocycles. The van der Waals surface area contributed by atoms with Gasteiger partial charge in [-0.3, -0.25) is 9.48 Å². The van der Waals surface area contributed by atoms with Crippen LogP contribution in [0.3, 0.4) is 0 Å². The van der Waals surface area contributed by atoms with Crippen molar-refractivity contribution in [3.05, 3.63) is 45.2 Å². The minimum absolute atomic E-state index is 0.165. The van der Waals surface area contributed by atoms with Crippen LogP contribution in [0.25, 0.3) is 0 Å². The lowest BCUT2D eigenvalue weighted by atomic mass is 9.49. The Bertz CT molecular complexity index is 925. The number of hydrogen-bond acceptors (Lipinski definition) is 2. The summed E-state index contributed by atoms with van der Waals surface area (Å²) >= 11 is 12.7. The summed E-state index contributed by atoms with van der Waals surface area (Å²) in [5.74, 6) is 2.45. The molecule has 1 amide bonds. The quantitative estimate of drug-likeness (QED) is 0.643. The fraction of sp³-hybridized carbons (Fsp3) is 0.565. The van der Waals surface area contributed by atoms with Crippen LogP contribution in [-0.4, -0.2) is 15.7 Å². The molecular weight excluding hydrogens is 405 g/mol. The maximum Gasteiger partial charge on any atom is 0.230 e. The minimum Gasteiger partial charge on any atom is -0.322 e. The van der Waals surface area contributed by atoms with E-state index in [-0.39, 0.29) is 11.3 Å². The monoisotopic (exact) mass is 431 g/mol. The Morgan fingerprint density at radius 1 is 1.10 bits per heavy atom. The number of rotatable bonds is 4. The molecule has 154 valence electrons. The molecule has 4 aliphatic carbocycles. The molecule has 0 aliphatic heterocycles. The fourth-order valence-corrected chi connectivity index (χ4v) is 7.02. The number of nitrogens with one attached hydrogen (secondary N) is 1. The van der Waals surface area contributed by atoms with Crippen molar-refractivity contribution in [2.24, 2.45) is 23.2 Å². The van der Waals surface area contributed by atoms with Gasteiger partial charge in [0.2, 0.25) is 5.91 Å². The van der Waals surface area contributed by atoms with Crippen LogP contribution in [0.1, 0.15) is 55.5 Å². The molecule has 0 saturated heterocycles. The number of carbonyl (C=O) groups is 1. The third-order valence-electron chi connectivity index (χ3n) is 7.51. The van der Waals surface area contributed by atoms with Gasteiger partial charge < -0.3 is 5.32 Å². The van der Waals surface area contributed by atoms with Gasteiger partial charge in [0.15, 0.2) is 0 Å². The lowest BCUT2D eigenvalue weighted by Gasteiger charge is -2.55. The SMILES string of the molecule is Cc1nn(Cc2c(Cl)cccc2Cl)c(C)c1NC(=O)C12CC3CC(CC(C3)C1)C2. The Labute approximate surface area is 182 Å². The predicted octanol–water partition coefficient (Wildman–Crippen LogP) is 6.01. The van der Waals surface area contributed by atoms with Gasteiger partial charge in [-0.25, -0.2) is 0 Å². The summed E-state index contributed by atoms with van der Waals surface area (Å²) in [4.78, 5) is 13.5. The molecule has 4 saturated carbocycles. The Kier molecular flexibility index (Phi) is 4.71. The van der Waals surface area contributed by atoms with E-state index in [1.54, 1.807) is 0 Å². The third-order valence-corrected chi connectivity index (χ3v) is 8.22. The van der Waals surface area contributed by atoms with Gasteiger partial charge in [0.1, 0.15) is 0 Å². The second kappa shape index (κ2) is 7.02. The number of hydrogen-bond donors (Lipinski definition) is 1. The van der Waals surface area contributed by atoms with Crippen LogP contribution in [0.15, 0.2) is 18.2 Å². The highest BCUT2D eigenvalue weighted by Gasteiger charge is 2.54. The molecule has 0 unspecified atom stereocenters. The average Bonchev–Trinajstić information content (AvgIpc) is 2.91. The van der Waals surface area contributed by atoms with E-state index in [2.05, 4.69) is 10.4 Å². The average molecular weight is 432 g/mol. The first-order chi connectivity index (χ1) is 13.8. The zero-order valence-corrected chi connectivity index (χ0v) is 18.5. The molecule has 1 aromatic carbocycles. The van der Waals surface area contributed by atoms with Crippen LogP contribution in [-0.2, 0) is 11.3 Å². The summed E-state index contributed by atoms with van der Waals surface area (Å²) < 4.78 is 1.89. The fourth-order valence-electron chi connectivity index (χ4n) is 6.50. The number of anilines is 1. The molecule has 0 radical (unpaired) electrons. The van der Waals surface area contributed by atoms with Crippen molar-refractivity contribution in [1.82, 2.24) is 9.78 Å². The molecular formula is C23H27Cl2N3O. The topological polar surface area (TPSA) is 46.9 Å². The number of aryl methyl sites for hydroxylation is 1.